The van der Waals surface area contributed by atoms with Crippen molar-refractivity contribution in [1.29, 1.82) is 0 Å². The highest BCUT2D eigenvalue weighted by molar-refractivity contribution is 5.66. The van der Waals surface area contributed by atoms with E-state index in [-0.39, 0.29) is 11.6 Å². The van der Waals surface area contributed by atoms with Crippen LogP contribution in [0.5, 0.6) is 0 Å². The molecule has 0 aromatic heterocycles. The highest BCUT2D eigenvalue weighted by atomic mass is 16.6. The summed E-state index contributed by atoms with van der Waals surface area (Å²) in [4.78, 5) is 11.0. The number of esters is 1. The molecule has 0 radical (unpaired) electrons. The molecule has 2 atom stereocenters. The maximum Gasteiger partial charge on any atom is 0.303 e. The lowest BCUT2D eigenvalue weighted by atomic mass is 9.66. The van der Waals surface area contributed by atoms with Gasteiger partial charge in [0, 0.05) is 6.92 Å². The molecule has 0 aromatic carbocycles. The van der Waals surface area contributed by atoms with Crippen molar-refractivity contribution in [1.82, 2.24) is 0 Å². The predicted molar refractivity (Wildman–Crippen MR) is 57.0 cm³/mol. The van der Waals surface area contributed by atoms with Gasteiger partial charge >= 0.3 is 5.97 Å². The number of hydrogen-bond donors (Lipinski definition) is 0. The molecule has 2 unspecified atom stereocenters. The summed E-state index contributed by atoms with van der Waals surface area (Å²) in [5, 5.41) is 0. The monoisotopic (exact) mass is 198 g/mol. The maximum atomic E-state index is 11.0. The van der Waals surface area contributed by atoms with Crippen LogP contribution in [0.25, 0.3) is 0 Å². The Morgan fingerprint density at radius 2 is 1.86 bits per heavy atom. The quantitative estimate of drug-likeness (QED) is 0.605. The molecule has 1 rings (SSSR count). The van der Waals surface area contributed by atoms with Crippen LogP contribution in [0, 0.1) is 11.3 Å². The van der Waals surface area contributed by atoms with Crippen LogP contribution in [0.1, 0.15) is 53.9 Å². The van der Waals surface area contributed by atoms with Crippen LogP contribution in [-0.2, 0) is 9.53 Å². The van der Waals surface area contributed by atoms with Gasteiger partial charge in [0.05, 0.1) is 0 Å². The molecular weight excluding hydrogens is 176 g/mol. The van der Waals surface area contributed by atoms with E-state index in [1.165, 1.54) is 13.3 Å². The van der Waals surface area contributed by atoms with E-state index in [9.17, 15) is 4.79 Å². The fraction of sp³-hybridized carbons (Fsp3) is 0.917. The van der Waals surface area contributed by atoms with E-state index in [2.05, 4.69) is 27.7 Å². The minimum absolute atomic E-state index is 0.155. The summed E-state index contributed by atoms with van der Waals surface area (Å²) in [6.45, 7) is 10.3. The summed E-state index contributed by atoms with van der Waals surface area (Å²) in [6.07, 6.45) is 3.20. The second-order valence-electron chi connectivity index (χ2n) is 5.90. The van der Waals surface area contributed by atoms with Gasteiger partial charge in [-0.3, -0.25) is 4.79 Å². The lowest BCUT2D eigenvalue weighted by molar-refractivity contribution is -0.164. The molecule has 14 heavy (non-hydrogen) atoms. The van der Waals surface area contributed by atoms with Crippen LogP contribution >= 0.6 is 0 Å². The van der Waals surface area contributed by atoms with E-state index < -0.39 is 0 Å². The highest BCUT2D eigenvalue weighted by Crippen LogP contribution is 2.45. The summed E-state index contributed by atoms with van der Waals surface area (Å²) < 4.78 is 5.45. The van der Waals surface area contributed by atoms with Crippen molar-refractivity contribution >= 4 is 5.97 Å². The topological polar surface area (TPSA) is 26.3 Å². The minimum Gasteiger partial charge on any atom is -0.460 e. The average Bonchev–Trinajstić information content (AvgIpc) is 1.74. The van der Waals surface area contributed by atoms with Gasteiger partial charge in [0.25, 0.3) is 0 Å². The molecule has 0 N–H and O–H groups in total. The first-order valence-electron chi connectivity index (χ1n) is 5.42. The number of ether oxygens (including phenoxy) is 1. The second-order valence-corrected chi connectivity index (χ2v) is 5.90. The van der Waals surface area contributed by atoms with Gasteiger partial charge in [0.2, 0.25) is 0 Å². The van der Waals surface area contributed by atoms with Gasteiger partial charge < -0.3 is 4.74 Å². The predicted octanol–water partition coefficient (Wildman–Crippen LogP) is 3.15. The van der Waals surface area contributed by atoms with Gasteiger partial charge in [0.1, 0.15) is 5.60 Å². The molecule has 82 valence electrons. The zero-order valence-corrected chi connectivity index (χ0v) is 10.0. The van der Waals surface area contributed by atoms with E-state index in [0.29, 0.717) is 11.3 Å². The Balaban J connectivity index is 2.73. The zero-order valence-electron chi connectivity index (χ0n) is 10.0. The fourth-order valence-electron chi connectivity index (χ4n) is 3.33. The first-order valence-corrected chi connectivity index (χ1v) is 5.42. The molecule has 0 aliphatic heterocycles. The van der Waals surface area contributed by atoms with E-state index >= 15 is 0 Å². The Morgan fingerprint density at radius 1 is 1.29 bits per heavy atom. The first-order chi connectivity index (χ1) is 6.22. The second kappa shape index (κ2) is 3.56. The van der Waals surface area contributed by atoms with Crippen LogP contribution in [0.4, 0.5) is 0 Å². The van der Waals surface area contributed by atoms with Gasteiger partial charge in [-0.1, -0.05) is 20.8 Å². The Bertz CT molecular complexity index is 232. The third-order valence-electron chi connectivity index (χ3n) is 2.92. The fourth-order valence-corrected chi connectivity index (χ4v) is 3.33. The van der Waals surface area contributed by atoms with Crippen LogP contribution in [0.2, 0.25) is 0 Å². The van der Waals surface area contributed by atoms with Gasteiger partial charge in [-0.25, -0.2) is 0 Å². The third kappa shape index (κ3) is 3.00. The Kier molecular flexibility index (Phi) is 2.93. The molecule has 0 saturated heterocycles. The van der Waals surface area contributed by atoms with Crippen molar-refractivity contribution in [3.05, 3.63) is 0 Å². The molecule has 0 amide bonds. The molecular formula is C12H22O2. The number of rotatable bonds is 1. The molecule has 1 fully saturated rings. The molecule has 2 nitrogen and oxygen atoms in total. The van der Waals surface area contributed by atoms with Gasteiger partial charge in [-0.05, 0) is 37.5 Å². The van der Waals surface area contributed by atoms with Crippen molar-refractivity contribution in [3.8, 4) is 0 Å². The summed E-state index contributed by atoms with van der Waals surface area (Å²) in [5.41, 5.74) is 0.0505. The van der Waals surface area contributed by atoms with E-state index in [1.807, 2.05) is 0 Å². The molecule has 0 bridgehead atoms. The van der Waals surface area contributed by atoms with Crippen molar-refractivity contribution in [3.63, 3.8) is 0 Å². The maximum absolute atomic E-state index is 11.0. The molecule has 0 aromatic rings. The van der Waals surface area contributed by atoms with Crippen LogP contribution < -0.4 is 0 Å². The molecule has 0 spiro atoms. The molecule has 2 heteroatoms. The van der Waals surface area contributed by atoms with Gasteiger partial charge in [-0.15, -0.1) is 0 Å². The van der Waals surface area contributed by atoms with Crippen LogP contribution in [0.15, 0.2) is 0 Å². The highest BCUT2D eigenvalue weighted by Gasteiger charge is 2.41. The van der Waals surface area contributed by atoms with E-state index in [0.717, 1.165) is 12.8 Å². The summed E-state index contributed by atoms with van der Waals surface area (Å²) in [5.74, 6) is 0.487. The third-order valence-corrected chi connectivity index (χ3v) is 2.92. The SMILES string of the molecule is CC(=O)OC1(C)CC(C)CC(C)(C)C1. The van der Waals surface area contributed by atoms with Crippen molar-refractivity contribution in [2.75, 3.05) is 0 Å². The first kappa shape index (κ1) is 11.5. The average molecular weight is 198 g/mol. The number of carbonyl (C=O) groups is 1. The summed E-state index contributed by atoms with van der Waals surface area (Å²) in [7, 11) is 0. The van der Waals surface area contributed by atoms with Crippen LogP contribution in [-0.4, -0.2) is 11.6 Å². The normalized spacial score (nSPS) is 36.5. The minimum atomic E-state index is -0.243. The largest absolute Gasteiger partial charge is 0.460 e. The van der Waals surface area contributed by atoms with Crippen LogP contribution in [0.3, 0.4) is 0 Å². The Labute approximate surface area is 87.0 Å². The summed E-state index contributed by atoms with van der Waals surface area (Å²) >= 11 is 0. The van der Waals surface area contributed by atoms with E-state index in [1.54, 1.807) is 0 Å². The summed E-state index contributed by atoms with van der Waals surface area (Å²) in [6, 6.07) is 0. The smallest absolute Gasteiger partial charge is 0.303 e. The Morgan fingerprint density at radius 3 is 2.29 bits per heavy atom. The van der Waals surface area contributed by atoms with Crippen molar-refractivity contribution in [2.24, 2.45) is 11.3 Å². The van der Waals surface area contributed by atoms with Gasteiger partial charge in [-0.2, -0.15) is 0 Å². The molecule has 1 aliphatic rings. The number of hydrogen-bond acceptors (Lipinski definition) is 2. The van der Waals surface area contributed by atoms with Crippen molar-refractivity contribution < 1.29 is 9.53 Å². The van der Waals surface area contributed by atoms with Crippen molar-refractivity contribution in [2.45, 2.75) is 59.5 Å². The number of carbonyl (C=O) groups excluding carboxylic acids is 1. The lowest BCUT2D eigenvalue weighted by Gasteiger charge is -2.44. The standard InChI is InChI=1S/C12H22O2/c1-9-6-11(3,4)8-12(5,7-9)14-10(2)13/h9H,6-8H2,1-5H3. The zero-order chi connectivity index (χ0) is 11.0. The molecule has 1 aliphatic carbocycles. The molecule has 0 heterocycles. The Hall–Kier alpha value is -0.530. The van der Waals surface area contributed by atoms with E-state index in [4.69, 9.17) is 4.74 Å². The lowest BCUT2D eigenvalue weighted by Crippen LogP contribution is -2.42. The van der Waals surface area contributed by atoms with Gasteiger partial charge in [0.15, 0.2) is 0 Å². The molecule has 1 saturated carbocycles.